The van der Waals surface area contributed by atoms with E-state index >= 15 is 0 Å². The third-order valence-electron chi connectivity index (χ3n) is 3.97. The lowest BCUT2D eigenvalue weighted by Gasteiger charge is -2.20. The van der Waals surface area contributed by atoms with Crippen molar-refractivity contribution in [3.63, 3.8) is 0 Å². The van der Waals surface area contributed by atoms with Crippen LogP contribution in [0.3, 0.4) is 0 Å². The molecule has 0 saturated heterocycles. The van der Waals surface area contributed by atoms with Crippen LogP contribution in [-0.4, -0.2) is 27.1 Å². The van der Waals surface area contributed by atoms with Crippen LogP contribution in [0.4, 0.5) is 0 Å². The maximum Gasteiger partial charge on any atom is 0.173 e. The molecule has 1 unspecified atom stereocenters. The minimum absolute atomic E-state index is 0.0299. The largest absolute Gasteiger partial charge is 0.496 e. The minimum atomic E-state index is -0.0949. The van der Waals surface area contributed by atoms with Crippen molar-refractivity contribution in [1.82, 2.24) is 0 Å². The number of hydrogen-bond acceptors (Lipinski definition) is 4. The summed E-state index contributed by atoms with van der Waals surface area (Å²) in [7, 11) is 4.74. The lowest BCUT2D eigenvalue weighted by molar-refractivity contribution is 0.0920. The Kier molecular flexibility index (Phi) is 7.14. The summed E-state index contributed by atoms with van der Waals surface area (Å²) in [6, 6.07) is 1.77. The summed E-state index contributed by atoms with van der Waals surface area (Å²) in [6.07, 6.45) is 3.49. The van der Waals surface area contributed by atoms with Gasteiger partial charge in [0.1, 0.15) is 22.8 Å². The molecule has 0 saturated carbocycles. The molecule has 0 N–H and O–H groups in total. The van der Waals surface area contributed by atoms with Gasteiger partial charge in [0, 0.05) is 17.5 Å². The Hall–Kier alpha value is -1.97. The second kappa shape index (κ2) is 8.61. The summed E-state index contributed by atoms with van der Waals surface area (Å²) >= 11 is 0. The Bertz CT molecular complexity index is 584. The van der Waals surface area contributed by atoms with Gasteiger partial charge in [-0.2, -0.15) is 0 Å². The van der Waals surface area contributed by atoms with Crippen LogP contribution in [-0.2, 0) is 6.42 Å². The number of rotatable bonds is 8. The van der Waals surface area contributed by atoms with Gasteiger partial charge in [0.25, 0.3) is 0 Å². The van der Waals surface area contributed by atoms with Crippen LogP contribution in [0, 0.1) is 5.92 Å². The van der Waals surface area contributed by atoms with E-state index in [0.29, 0.717) is 29.2 Å². The first-order valence-electron chi connectivity index (χ1n) is 7.90. The summed E-state index contributed by atoms with van der Waals surface area (Å²) in [5, 5.41) is 0. The van der Waals surface area contributed by atoms with Gasteiger partial charge >= 0.3 is 0 Å². The quantitative estimate of drug-likeness (QED) is 0.524. The molecule has 1 rings (SSSR count). The predicted octanol–water partition coefficient (Wildman–Crippen LogP) is 4.45. The summed E-state index contributed by atoms with van der Waals surface area (Å²) in [6.45, 7) is 7.98. The Labute approximate surface area is 139 Å². The molecule has 23 heavy (non-hydrogen) atoms. The summed E-state index contributed by atoms with van der Waals surface area (Å²) in [4.78, 5) is 12.8. The Balaban J connectivity index is 3.62. The zero-order valence-corrected chi connectivity index (χ0v) is 15.3. The monoisotopic (exact) mass is 320 g/mol. The van der Waals surface area contributed by atoms with Crippen molar-refractivity contribution in [2.24, 2.45) is 5.92 Å². The van der Waals surface area contributed by atoms with E-state index in [4.69, 9.17) is 14.2 Å². The van der Waals surface area contributed by atoms with Crippen LogP contribution in [0.1, 0.15) is 50.0 Å². The van der Waals surface area contributed by atoms with E-state index in [1.54, 1.807) is 27.4 Å². The van der Waals surface area contributed by atoms with Crippen molar-refractivity contribution < 1.29 is 19.0 Å². The molecular formula is C19H28O4. The highest BCUT2D eigenvalue weighted by molar-refractivity contribution is 6.03. The number of ether oxygens (including phenoxy) is 3. The molecule has 0 fully saturated rings. The van der Waals surface area contributed by atoms with Gasteiger partial charge in [-0.05, 0) is 26.7 Å². The first-order chi connectivity index (χ1) is 10.9. The summed E-state index contributed by atoms with van der Waals surface area (Å²) in [5.74, 6) is 1.63. The number of carbonyl (C=O) groups is 1. The molecule has 4 nitrogen and oxygen atoms in total. The fourth-order valence-corrected chi connectivity index (χ4v) is 2.39. The van der Waals surface area contributed by atoms with Gasteiger partial charge in [-0.3, -0.25) is 4.79 Å². The molecule has 1 atom stereocenters. The van der Waals surface area contributed by atoms with Gasteiger partial charge in [-0.25, -0.2) is 0 Å². The highest BCUT2D eigenvalue weighted by atomic mass is 16.5. The molecule has 0 radical (unpaired) electrons. The predicted molar refractivity (Wildman–Crippen MR) is 93.0 cm³/mol. The van der Waals surface area contributed by atoms with E-state index in [-0.39, 0.29) is 11.7 Å². The molecule has 0 bridgehead atoms. The number of benzene rings is 1. The van der Waals surface area contributed by atoms with Crippen LogP contribution >= 0.6 is 0 Å². The third kappa shape index (κ3) is 4.27. The van der Waals surface area contributed by atoms with Gasteiger partial charge in [0.15, 0.2) is 5.78 Å². The maximum atomic E-state index is 12.8. The van der Waals surface area contributed by atoms with Gasteiger partial charge in [0.2, 0.25) is 0 Å². The number of carbonyl (C=O) groups excluding carboxylic acids is 1. The molecule has 0 spiro atoms. The molecule has 0 aliphatic heterocycles. The average molecular weight is 320 g/mol. The molecule has 1 aromatic rings. The lowest BCUT2D eigenvalue weighted by Crippen LogP contribution is -2.14. The van der Waals surface area contributed by atoms with E-state index < -0.39 is 0 Å². The molecule has 128 valence electrons. The van der Waals surface area contributed by atoms with E-state index in [1.807, 2.05) is 27.7 Å². The summed E-state index contributed by atoms with van der Waals surface area (Å²) in [5.41, 5.74) is 2.56. The number of hydrogen-bond donors (Lipinski definition) is 0. The smallest absolute Gasteiger partial charge is 0.173 e. The molecule has 1 aromatic carbocycles. The average Bonchev–Trinajstić information content (AvgIpc) is 2.56. The summed E-state index contributed by atoms with van der Waals surface area (Å²) < 4.78 is 16.5. The molecule has 4 heteroatoms. The van der Waals surface area contributed by atoms with E-state index in [0.717, 1.165) is 12.0 Å². The van der Waals surface area contributed by atoms with Crippen LogP contribution in [0.25, 0.3) is 0 Å². The van der Waals surface area contributed by atoms with Crippen LogP contribution in [0.2, 0.25) is 0 Å². The standard InChI is InChI=1S/C19H28O4/c1-8-13(4)18(20)17-16(22-6)11-15(21-5)14(19(17)23-7)10-9-12(2)3/h9,11,13H,8,10H2,1-7H3. The Morgan fingerprint density at radius 2 is 1.74 bits per heavy atom. The van der Waals surface area contributed by atoms with Gasteiger partial charge in [-0.1, -0.05) is 25.5 Å². The first kappa shape index (κ1) is 19.1. The molecule has 0 heterocycles. The fraction of sp³-hybridized carbons (Fsp3) is 0.526. The molecule has 0 aliphatic carbocycles. The zero-order chi connectivity index (χ0) is 17.6. The Morgan fingerprint density at radius 1 is 1.13 bits per heavy atom. The highest BCUT2D eigenvalue weighted by Gasteiger charge is 2.27. The van der Waals surface area contributed by atoms with Crippen molar-refractivity contribution in [2.75, 3.05) is 21.3 Å². The second-order valence-corrected chi connectivity index (χ2v) is 5.83. The van der Waals surface area contributed by atoms with Crippen LogP contribution in [0.5, 0.6) is 17.2 Å². The maximum absolute atomic E-state index is 12.8. The minimum Gasteiger partial charge on any atom is -0.496 e. The number of Topliss-reactive ketones (excluding diaryl/α,β-unsaturated/α-hetero) is 1. The zero-order valence-electron chi connectivity index (χ0n) is 15.3. The van der Waals surface area contributed by atoms with Crippen LogP contribution in [0.15, 0.2) is 17.7 Å². The number of methoxy groups -OCH3 is 3. The molecule has 0 aromatic heterocycles. The van der Waals surface area contributed by atoms with Crippen molar-refractivity contribution in [2.45, 2.75) is 40.5 Å². The first-order valence-corrected chi connectivity index (χ1v) is 7.90. The molecular weight excluding hydrogens is 292 g/mol. The number of allylic oxidation sites excluding steroid dienone is 2. The lowest BCUT2D eigenvalue weighted by atomic mass is 9.92. The van der Waals surface area contributed by atoms with Crippen molar-refractivity contribution in [1.29, 1.82) is 0 Å². The van der Waals surface area contributed by atoms with E-state index in [2.05, 4.69) is 6.08 Å². The van der Waals surface area contributed by atoms with Crippen molar-refractivity contribution >= 4 is 5.78 Å². The van der Waals surface area contributed by atoms with Crippen molar-refractivity contribution in [3.05, 3.63) is 28.8 Å². The van der Waals surface area contributed by atoms with Gasteiger partial charge < -0.3 is 14.2 Å². The van der Waals surface area contributed by atoms with Gasteiger partial charge in [-0.15, -0.1) is 0 Å². The molecule has 0 aliphatic rings. The normalized spacial score (nSPS) is 11.6. The fourth-order valence-electron chi connectivity index (χ4n) is 2.39. The SMILES string of the molecule is CCC(C)C(=O)c1c(OC)cc(OC)c(CC=C(C)C)c1OC. The molecule has 0 amide bonds. The van der Waals surface area contributed by atoms with E-state index in [9.17, 15) is 4.79 Å². The topological polar surface area (TPSA) is 44.8 Å². The third-order valence-corrected chi connectivity index (χ3v) is 3.97. The Morgan fingerprint density at radius 3 is 2.17 bits per heavy atom. The van der Waals surface area contributed by atoms with E-state index in [1.165, 1.54) is 5.57 Å². The highest BCUT2D eigenvalue weighted by Crippen LogP contribution is 2.41. The number of ketones is 1. The van der Waals surface area contributed by atoms with Gasteiger partial charge in [0.05, 0.1) is 21.3 Å². The van der Waals surface area contributed by atoms with Crippen LogP contribution < -0.4 is 14.2 Å². The van der Waals surface area contributed by atoms with Crippen molar-refractivity contribution in [3.8, 4) is 17.2 Å². The second-order valence-electron chi connectivity index (χ2n) is 5.83.